The summed E-state index contributed by atoms with van der Waals surface area (Å²) in [7, 11) is 0. The molecule has 1 atom stereocenters. The Morgan fingerprint density at radius 1 is 1.09 bits per heavy atom. The van der Waals surface area contributed by atoms with E-state index in [9.17, 15) is 29.4 Å². The van der Waals surface area contributed by atoms with Gasteiger partial charge in [-0.2, -0.15) is 0 Å². The van der Waals surface area contributed by atoms with Gasteiger partial charge in [-0.25, -0.2) is 4.79 Å². The number of rotatable bonds is 7. The van der Waals surface area contributed by atoms with Crippen LogP contribution in [0.3, 0.4) is 0 Å². The van der Waals surface area contributed by atoms with E-state index in [0.29, 0.717) is 0 Å². The summed E-state index contributed by atoms with van der Waals surface area (Å²) in [5, 5.41) is 23.1. The van der Waals surface area contributed by atoms with E-state index >= 15 is 0 Å². The normalized spacial score (nSPS) is 11.2. The summed E-state index contributed by atoms with van der Waals surface area (Å²) in [6.45, 7) is 4.83. The van der Waals surface area contributed by atoms with Gasteiger partial charge in [-0.15, -0.1) is 0 Å². The summed E-state index contributed by atoms with van der Waals surface area (Å²) in [6, 6.07) is -1.36. The monoisotopic (exact) mass is 301 g/mol. The molecule has 0 fully saturated rings. The van der Waals surface area contributed by atoms with Crippen molar-refractivity contribution in [2.24, 2.45) is 0 Å². The Balaban J connectivity index is -0.00000180. The molecule has 0 unspecified atom stereocenters. The van der Waals surface area contributed by atoms with Gasteiger partial charge in [0.15, 0.2) is 5.78 Å². The molecule has 0 heterocycles. The molecule has 0 rings (SSSR count). The van der Waals surface area contributed by atoms with Crippen LogP contribution < -0.4 is 53.3 Å². The first-order valence-corrected chi connectivity index (χ1v) is 5.97. The van der Waals surface area contributed by atoms with Crippen molar-refractivity contribution in [2.45, 2.75) is 51.7 Å². The van der Waals surface area contributed by atoms with Gasteiger partial charge in [0.1, 0.15) is 11.6 Å². The van der Waals surface area contributed by atoms with Crippen LogP contribution in [0, 0.1) is 0 Å². The molecule has 0 aliphatic carbocycles. The summed E-state index contributed by atoms with van der Waals surface area (Å²) < 4.78 is 4.87. The van der Waals surface area contributed by atoms with Crippen molar-refractivity contribution in [3.8, 4) is 0 Å². The average Bonchev–Trinajstić information content (AvgIpc) is 2.24. The van der Waals surface area contributed by atoms with Crippen molar-refractivity contribution >= 4 is 23.8 Å². The fourth-order valence-corrected chi connectivity index (χ4v) is 1.27. The molecular formula is C12H17Li2NO7. The summed E-state index contributed by atoms with van der Waals surface area (Å²) in [5.74, 6) is -4.49. The van der Waals surface area contributed by atoms with Crippen LogP contribution in [0.15, 0.2) is 0 Å². The molecule has 0 saturated heterocycles. The third-order valence-electron chi connectivity index (χ3n) is 2.10. The van der Waals surface area contributed by atoms with E-state index in [-0.39, 0.29) is 57.0 Å². The van der Waals surface area contributed by atoms with Crippen LogP contribution in [0.2, 0.25) is 0 Å². The number of Topliss-reactive ketones (excluding diaryl/α,β-unsaturated/α-hetero) is 1. The number of nitrogens with one attached hydrogen (secondary N) is 1. The number of carbonyl (C=O) groups excluding carboxylic acids is 4. The van der Waals surface area contributed by atoms with E-state index in [4.69, 9.17) is 4.74 Å². The number of aliphatic carboxylic acids is 2. The molecule has 0 aliphatic rings. The summed E-state index contributed by atoms with van der Waals surface area (Å²) in [5.41, 5.74) is -0.786. The molecule has 10 heteroatoms. The molecule has 0 aliphatic heterocycles. The maximum absolute atomic E-state index is 11.4. The molecule has 0 saturated carbocycles. The van der Waals surface area contributed by atoms with Crippen LogP contribution in [0.25, 0.3) is 0 Å². The first-order chi connectivity index (χ1) is 9.03. The number of alkyl carbamates (subject to hydrolysis) is 1. The zero-order valence-electron chi connectivity index (χ0n) is 13.6. The maximum Gasteiger partial charge on any atom is 1.00 e. The third kappa shape index (κ3) is 12.8. The van der Waals surface area contributed by atoms with E-state index in [1.807, 2.05) is 0 Å². The van der Waals surface area contributed by atoms with Crippen LogP contribution in [0.1, 0.15) is 40.0 Å². The fourth-order valence-electron chi connectivity index (χ4n) is 1.27. The fraction of sp³-hybridized carbons (Fsp3) is 0.667. The molecule has 22 heavy (non-hydrogen) atoms. The number of carbonyl (C=O) groups is 4. The maximum atomic E-state index is 11.4. The number of ether oxygens (including phenoxy) is 1. The Labute approximate surface area is 152 Å². The number of ketones is 1. The number of carboxylic acid groups (broad SMARTS) is 2. The Bertz CT molecular complexity index is 407. The molecular weight excluding hydrogens is 284 g/mol. The van der Waals surface area contributed by atoms with Gasteiger partial charge in [0.05, 0.1) is 12.0 Å². The van der Waals surface area contributed by atoms with E-state index in [1.54, 1.807) is 20.8 Å². The number of hydrogen-bond donors (Lipinski definition) is 1. The molecule has 0 aromatic carbocycles. The minimum atomic E-state index is -1.82. The van der Waals surface area contributed by atoms with E-state index < -0.39 is 35.5 Å². The Hall–Kier alpha value is -0.925. The SMILES string of the molecule is CC(C)(C)OC(=O)N[C@@H](CCCC(=O)C(=O)[O-])C(=O)[O-].[Li+].[Li+]. The van der Waals surface area contributed by atoms with Gasteiger partial charge in [-0.1, -0.05) is 0 Å². The van der Waals surface area contributed by atoms with Crippen LogP contribution >= 0.6 is 0 Å². The second-order valence-corrected chi connectivity index (χ2v) is 5.12. The zero-order valence-corrected chi connectivity index (χ0v) is 13.6. The summed E-state index contributed by atoms with van der Waals surface area (Å²) in [4.78, 5) is 43.1. The minimum absolute atomic E-state index is 0. The van der Waals surface area contributed by atoms with Gasteiger partial charge >= 0.3 is 43.8 Å². The molecule has 8 nitrogen and oxygen atoms in total. The van der Waals surface area contributed by atoms with Crippen LogP contribution in [-0.4, -0.2) is 35.5 Å². The molecule has 0 spiro atoms. The first-order valence-electron chi connectivity index (χ1n) is 5.97. The minimum Gasteiger partial charge on any atom is -0.548 e. The second kappa shape index (κ2) is 11.6. The van der Waals surface area contributed by atoms with Crippen LogP contribution in [-0.2, 0) is 19.1 Å². The molecule has 114 valence electrons. The smallest absolute Gasteiger partial charge is 0.548 e. The summed E-state index contributed by atoms with van der Waals surface area (Å²) >= 11 is 0. The molecule has 0 aromatic rings. The van der Waals surface area contributed by atoms with Gasteiger partial charge in [0.2, 0.25) is 0 Å². The Kier molecular flexibility index (Phi) is 13.7. The van der Waals surface area contributed by atoms with Crippen molar-refractivity contribution < 1.29 is 71.8 Å². The molecule has 1 amide bonds. The van der Waals surface area contributed by atoms with Crippen LogP contribution in [0.5, 0.6) is 0 Å². The van der Waals surface area contributed by atoms with Gasteiger partial charge in [-0.3, -0.25) is 4.79 Å². The van der Waals surface area contributed by atoms with Crippen molar-refractivity contribution in [1.82, 2.24) is 5.32 Å². The van der Waals surface area contributed by atoms with Gasteiger partial charge < -0.3 is 29.9 Å². The summed E-state index contributed by atoms with van der Waals surface area (Å²) in [6.07, 6.45) is -1.50. The predicted molar refractivity (Wildman–Crippen MR) is 62.0 cm³/mol. The molecule has 0 aromatic heterocycles. The number of amides is 1. The van der Waals surface area contributed by atoms with E-state index in [0.717, 1.165) is 0 Å². The van der Waals surface area contributed by atoms with E-state index in [1.165, 1.54) is 0 Å². The molecule has 0 radical (unpaired) electrons. The Morgan fingerprint density at radius 3 is 1.95 bits per heavy atom. The first kappa shape index (κ1) is 26.0. The second-order valence-electron chi connectivity index (χ2n) is 5.12. The molecule has 0 bridgehead atoms. The molecule has 1 N–H and O–H groups in total. The quantitative estimate of drug-likeness (QED) is 0.364. The van der Waals surface area contributed by atoms with Crippen molar-refractivity contribution in [3.05, 3.63) is 0 Å². The van der Waals surface area contributed by atoms with Gasteiger partial charge in [-0.05, 0) is 33.6 Å². The van der Waals surface area contributed by atoms with Gasteiger partial charge in [0, 0.05) is 6.42 Å². The topological polar surface area (TPSA) is 136 Å². The third-order valence-corrected chi connectivity index (χ3v) is 2.10. The Morgan fingerprint density at radius 2 is 1.59 bits per heavy atom. The number of carboxylic acids is 2. The van der Waals surface area contributed by atoms with Crippen molar-refractivity contribution in [2.75, 3.05) is 0 Å². The predicted octanol–water partition coefficient (Wildman–Crippen LogP) is -7.87. The van der Waals surface area contributed by atoms with Crippen LogP contribution in [0.4, 0.5) is 4.79 Å². The van der Waals surface area contributed by atoms with Crippen molar-refractivity contribution in [3.63, 3.8) is 0 Å². The average molecular weight is 301 g/mol. The standard InChI is InChI=1S/C12H19NO7.2Li/c1-12(2,3)20-11(19)13-7(9(15)16)5-4-6-8(14)10(17)18;;/h7H,4-6H2,1-3H3,(H,13,19)(H,15,16)(H,17,18);;/q;2*+1/p-2/t7-;;/m0../s1. The van der Waals surface area contributed by atoms with Gasteiger partial charge in [0.25, 0.3) is 0 Å². The largest absolute Gasteiger partial charge is 1.00 e. The van der Waals surface area contributed by atoms with Crippen molar-refractivity contribution in [1.29, 1.82) is 0 Å². The van der Waals surface area contributed by atoms with E-state index in [2.05, 4.69) is 5.32 Å². The zero-order chi connectivity index (χ0) is 15.9. The number of hydrogen-bond acceptors (Lipinski definition) is 7.